The van der Waals surface area contributed by atoms with Gasteiger partial charge in [-0.05, 0) is 87.2 Å². The van der Waals surface area contributed by atoms with E-state index in [-0.39, 0.29) is 58.9 Å². The molecule has 2 aromatic rings. The molecular formula is C56H87N13O9S2. The Hall–Kier alpha value is -5.78. The molecule has 0 bridgehead atoms. The molecule has 1 aromatic heterocycles. The highest BCUT2D eigenvalue weighted by Gasteiger charge is 2.43. The number of amidine groups is 1. The number of benzene rings is 1. The van der Waals surface area contributed by atoms with Crippen LogP contribution in [0.5, 0.6) is 0 Å². The van der Waals surface area contributed by atoms with Crippen LogP contribution in [0.3, 0.4) is 0 Å². The second-order valence-corrected chi connectivity index (χ2v) is 27.1. The quantitative estimate of drug-likeness (QED) is 0.0425. The molecule has 0 radical (unpaired) electrons. The number of aliphatic imine (C=N–C) groups is 1. The first kappa shape index (κ1) is 61.8. The first-order valence-corrected chi connectivity index (χ1v) is 31.7. The van der Waals surface area contributed by atoms with Gasteiger partial charge < -0.3 is 43.0 Å². The lowest BCUT2D eigenvalue weighted by molar-refractivity contribution is -0.133. The van der Waals surface area contributed by atoms with Crippen LogP contribution in [0.2, 0.25) is 0 Å². The lowest BCUT2D eigenvalue weighted by atomic mass is 9.78. The molecule has 4 heterocycles. The van der Waals surface area contributed by atoms with E-state index in [1.54, 1.807) is 29.8 Å². The maximum absolute atomic E-state index is 14.7. The Labute approximate surface area is 475 Å². The second-order valence-electron chi connectivity index (χ2n) is 24.1. The monoisotopic (exact) mass is 1150 g/mol. The highest BCUT2D eigenvalue weighted by atomic mass is 32.2. The summed E-state index contributed by atoms with van der Waals surface area (Å²) in [7, 11) is -3.92. The summed E-state index contributed by atoms with van der Waals surface area (Å²) in [5.41, 5.74) is 5.76. The van der Waals surface area contributed by atoms with Gasteiger partial charge in [0.2, 0.25) is 35.4 Å². The van der Waals surface area contributed by atoms with Crippen LogP contribution in [0, 0.1) is 17.3 Å². The smallest absolute Gasteiger partial charge is 0.315 e. The lowest BCUT2D eigenvalue weighted by Gasteiger charge is -2.39. The van der Waals surface area contributed by atoms with Gasteiger partial charge in [0.15, 0.2) is 0 Å². The summed E-state index contributed by atoms with van der Waals surface area (Å²) in [6.07, 6.45) is 16.6. The van der Waals surface area contributed by atoms with Gasteiger partial charge >= 0.3 is 6.03 Å². The van der Waals surface area contributed by atoms with Gasteiger partial charge in [0.25, 0.3) is 10.0 Å². The van der Waals surface area contributed by atoms with Crippen molar-refractivity contribution in [3.8, 4) is 0 Å². The average Bonchev–Trinajstić information content (AvgIpc) is 4.19. The zero-order valence-electron chi connectivity index (χ0n) is 47.4. The Bertz CT molecular complexity index is 2650. The van der Waals surface area contributed by atoms with Crippen LogP contribution in [0.15, 0.2) is 40.4 Å². The van der Waals surface area contributed by atoms with Crippen LogP contribution >= 0.6 is 11.8 Å². The van der Waals surface area contributed by atoms with Crippen LogP contribution in [-0.4, -0.2) is 131 Å². The number of fused-ring (bicyclic) bond motifs is 2. The van der Waals surface area contributed by atoms with Crippen LogP contribution < -0.4 is 47.7 Å². The van der Waals surface area contributed by atoms with Gasteiger partial charge in [-0.3, -0.25) is 38.5 Å². The van der Waals surface area contributed by atoms with Crippen molar-refractivity contribution in [2.45, 2.75) is 221 Å². The number of primary amides is 1. The van der Waals surface area contributed by atoms with E-state index in [1.807, 2.05) is 24.9 Å². The number of hydrogen-bond acceptors (Lipinski definition) is 13. The predicted molar refractivity (Wildman–Crippen MR) is 305 cm³/mol. The fraction of sp³-hybridized carbons (Fsp3) is 0.714. The fourth-order valence-electron chi connectivity index (χ4n) is 11.8. The Morgan fingerprint density at radius 1 is 0.900 bits per heavy atom. The molecule has 4 fully saturated rings. The summed E-state index contributed by atoms with van der Waals surface area (Å²) in [5, 5.41) is 29.8. The Kier molecular flexibility index (Phi) is 21.9. The molecule has 1 aromatic carbocycles. The summed E-state index contributed by atoms with van der Waals surface area (Å²) < 4.78 is 30.1. The zero-order valence-corrected chi connectivity index (χ0v) is 49.0. The van der Waals surface area contributed by atoms with E-state index in [9.17, 15) is 42.0 Å². The molecule has 442 valence electrons. The van der Waals surface area contributed by atoms with Gasteiger partial charge in [0, 0.05) is 54.2 Å². The number of urea groups is 1. The molecule has 3 aliphatic heterocycles. The number of carbonyl (C=O) groups excluding carboxylic acids is 7. The van der Waals surface area contributed by atoms with E-state index in [2.05, 4.69) is 78.0 Å². The number of carbonyl (C=O) groups is 7. The molecule has 8 atom stereocenters. The Balaban J connectivity index is 1.01. The molecule has 2 saturated carbocycles. The Morgan fingerprint density at radius 2 is 1.64 bits per heavy atom. The van der Waals surface area contributed by atoms with E-state index < -0.39 is 75.8 Å². The summed E-state index contributed by atoms with van der Waals surface area (Å²) >= 11 is 1.84. The summed E-state index contributed by atoms with van der Waals surface area (Å²) in [5.74, 6) is -2.17. The van der Waals surface area contributed by atoms with E-state index in [0.29, 0.717) is 74.6 Å². The van der Waals surface area contributed by atoms with Gasteiger partial charge in [0.1, 0.15) is 30.0 Å². The fourth-order valence-corrected chi connectivity index (χ4v) is 14.6. The van der Waals surface area contributed by atoms with Gasteiger partial charge in [-0.2, -0.15) is 11.8 Å². The molecule has 7 rings (SSSR count). The van der Waals surface area contributed by atoms with Crippen LogP contribution in [0.4, 0.5) is 4.79 Å². The second kappa shape index (κ2) is 28.3. The predicted octanol–water partition coefficient (Wildman–Crippen LogP) is 4.32. The minimum absolute atomic E-state index is 0.00724. The van der Waals surface area contributed by atoms with Crippen molar-refractivity contribution in [2.24, 2.45) is 28.0 Å². The van der Waals surface area contributed by atoms with Crippen molar-refractivity contribution in [3.05, 3.63) is 41.7 Å². The number of nitrogens with zero attached hydrogens (tertiary/aromatic N) is 4. The maximum atomic E-state index is 14.7. The van der Waals surface area contributed by atoms with Gasteiger partial charge in [-0.25, -0.2) is 17.9 Å². The van der Waals surface area contributed by atoms with Crippen molar-refractivity contribution < 1.29 is 42.0 Å². The molecular weight excluding hydrogens is 1060 g/mol. The number of nitrogens with two attached hydrogens (primary N) is 1. The first-order valence-electron chi connectivity index (χ1n) is 29.2. The number of aromatic nitrogens is 3. The number of thioether (sulfide) groups is 1. The highest BCUT2D eigenvalue weighted by molar-refractivity contribution is 8.00. The topological polar surface area (TPSA) is 319 Å². The van der Waals surface area contributed by atoms with Crippen LogP contribution in [0.1, 0.15) is 180 Å². The highest BCUT2D eigenvalue weighted by Crippen LogP contribution is 2.36. The molecule has 24 heteroatoms. The van der Waals surface area contributed by atoms with Crippen molar-refractivity contribution >= 4 is 69.1 Å². The molecule has 5 aliphatic rings. The van der Waals surface area contributed by atoms with E-state index in [4.69, 9.17) is 5.73 Å². The molecule has 10 N–H and O–H groups in total. The van der Waals surface area contributed by atoms with Crippen molar-refractivity contribution in [1.82, 2.24) is 56.9 Å². The normalized spacial score (nSPS) is 22.7. The standard InChI is InChI=1S/C56H87N13O9S2/c1-6-35(2)47(63-50-38-21-11-13-24-44(38)80(77,78)67-50)53(75)59-32-40(51(73)61-39(49(57)72)22-15-18-28-58-45(70)25-14-12-23-43-48-41(34-79-43)62-54(76)64-48)60-46(71)31-56(26-16-8-17-27-56)65-52(74)42(30-55(3,4)5)69-33-37(66-68-69)29-36-19-9-7-10-20-36/h11,13,21,24,33,35-36,39-43,47-48H,6-10,12,14-20,22-23,25-32,34H2,1-5H3,(H2,57,72)(H,58,70)(H,59,75)(H,60,71)(H,61,73)(H,63,67)(H,65,74)(H2,62,64,76)/t35?,39?,40-,41?,42+,43+,47?,48?/m1/s1. The average molecular weight is 1150 g/mol. The lowest BCUT2D eigenvalue weighted by Crippen LogP contribution is -2.59. The third kappa shape index (κ3) is 17.4. The number of amides is 8. The number of nitrogens with one attached hydrogen (secondary N) is 8. The first-order chi connectivity index (χ1) is 38.1. The molecule has 0 spiro atoms. The summed E-state index contributed by atoms with van der Waals surface area (Å²) in [6.45, 7) is 9.74. The largest absolute Gasteiger partial charge is 0.368 e. The number of hydrogen-bond donors (Lipinski definition) is 9. The van der Waals surface area contributed by atoms with E-state index in [0.717, 1.165) is 62.8 Å². The summed E-state index contributed by atoms with van der Waals surface area (Å²) in [4.78, 5) is 99.8. The maximum Gasteiger partial charge on any atom is 0.315 e. The van der Waals surface area contributed by atoms with Crippen molar-refractivity contribution in [3.63, 3.8) is 0 Å². The minimum atomic E-state index is -3.92. The SMILES string of the molecule is CCC(C)C(N=C1NS(=O)(=O)c2ccccc21)C(=O)NC[C@@H](NC(=O)CC1(NC(=O)[C@H](CC(C)(C)C)n2cc(CC3CCCCC3)nn2)CCCCC1)C(=O)NC(CCCCNC(=O)CCCC[C@@H]1SCC2NC(=O)NC21)C(N)=O. The van der Waals surface area contributed by atoms with E-state index >= 15 is 0 Å². The third-order valence-corrected chi connectivity index (χ3v) is 19.3. The molecule has 22 nitrogen and oxygen atoms in total. The van der Waals surface area contributed by atoms with Gasteiger partial charge in [-0.15, -0.1) is 5.10 Å². The number of rotatable bonds is 28. The van der Waals surface area contributed by atoms with Crippen molar-refractivity contribution in [2.75, 3.05) is 18.8 Å². The molecule has 2 saturated heterocycles. The number of unbranched alkanes of at least 4 members (excludes halogenated alkanes) is 2. The van der Waals surface area contributed by atoms with Gasteiger partial charge in [0.05, 0.1) is 22.7 Å². The van der Waals surface area contributed by atoms with E-state index in [1.165, 1.54) is 25.3 Å². The molecule has 8 amide bonds. The molecule has 5 unspecified atom stereocenters. The zero-order chi connectivity index (χ0) is 57.6. The van der Waals surface area contributed by atoms with Crippen LogP contribution in [0.25, 0.3) is 0 Å². The molecule has 2 aliphatic carbocycles. The summed E-state index contributed by atoms with van der Waals surface area (Å²) in [6, 6.07) is 2.02. The van der Waals surface area contributed by atoms with Crippen LogP contribution in [-0.2, 0) is 45.2 Å². The minimum Gasteiger partial charge on any atom is -0.368 e. The third-order valence-electron chi connectivity index (χ3n) is 16.4. The van der Waals surface area contributed by atoms with Gasteiger partial charge in [-0.1, -0.05) is 116 Å². The Morgan fingerprint density at radius 3 is 2.36 bits per heavy atom. The van der Waals surface area contributed by atoms with Crippen molar-refractivity contribution in [1.29, 1.82) is 0 Å². The number of sulfonamides is 1. The molecule has 80 heavy (non-hydrogen) atoms.